The molecule has 0 bridgehead atoms. The number of hydrogen-bond donors (Lipinski definition) is 0. The lowest BCUT2D eigenvalue weighted by Crippen LogP contribution is -2.01. The highest BCUT2D eigenvalue weighted by Gasteiger charge is 2.16. The average molecular weight is 474 g/mol. The van der Waals surface area contributed by atoms with Crippen molar-refractivity contribution in [2.24, 2.45) is 4.99 Å². The fraction of sp³-hybridized carbons (Fsp3) is 0.276. The maximum Gasteiger partial charge on any atom is 0.148 e. The Kier molecular flexibility index (Phi) is 7.30. The van der Waals surface area contributed by atoms with E-state index in [2.05, 4.69) is 6.07 Å². The summed E-state index contributed by atoms with van der Waals surface area (Å²) in [6, 6.07) is 17.7. The molecule has 0 aliphatic carbocycles. The molecule has 6 nitrogen and oxygen atoms in total. The van der Waals surface area contributed by atoms with Crippen LogP contribution in [0.3, 0.4) is 0 Å². The molecular weight excluding hydrogens is 442 g/mol. The molecule has 0 fully saturated rings. The lowest BCUT2D eigenvalue weighted by atomic mass is 10.1. The fourth-order valence-electron chi connectivity index (χ4n) is 4.20. The summed E-state index contributed by atoms with van der Waals surface area (Å²) in [7, 11) is 3.25. The van der Waals surface area contributed by atoms with E-state index in [1.165, 1.54) is 0 Å². The van der Waals surface area contributed by atoms with Crippen LogP contribution in [0.5, 0.6) is 23.0 Å². The Labute approximate surface area is 205 Å². The minimum atomic E-state index is 0.532. The van der Waals surface area contributed by atoms with Gasteiger partial charge in [0, 0.05) is 6.07 Å². The molecule has 4 rings (SSSR count). The number of aryl methyl sites for hydroxylation is 2. The second-order valence-electron chi connectivity index (χ2n) is 8.00. The third kappa shape index (κ3) is 4.97. The van der Waals surface area contributed by atoms with E-state index < -0.39 is 0 Å². The van der Waals surface area contributed by atoms with E-state index in [0.717, 1.165) is 50.3 Å². The lowest BCUT2D eigenvalue weighted by molar-refractivity contribution is 0.340. The smallest absolute Gasteiger partial charge is 0.148 e. The number of nitrogens with zero attached hydrogens (tertiary/aromatic N) is 1. The van der Waals surface area contributed by atoms with Gasteiger partial charge in [-0.2, -0.15) is 0 Å². The summed E-state index contributed by atoms with van der Waals surface area (Å²) in [5.41, 5.74) is 2.69. The first-order valence-electron chi connectivity index (χ1n) is 11.7. The Hall–Kier alpha value is -3.93. The predicted molar refractivity (Wildman–Crippen MR) is 138 cm³/mol. The molecule has 6 heteroatoms. The van der Waals surface area contributed by atoms with Crippen molar-refractivity contribution in [3.05, 3.63) is 71.5 Å². The van der Waals surface area contributed by atoms with Gasteiger partial charge in [-0.05, 0) is 75.2 Å². The molecule has 182 valence electrons. The summed E-state index contributed by atoms with van der Waals surface area (Å²) in [6.45, 7) is 9.01. The maximum absolute atomic E-state index is 6.11. The molecule has 0 radical (unpaired) electrons. The highest BCUT2D eigenvalue weighted by molar-refractivity contribution is 5.93. The minimum Gasteiger partial charge on any atom is -0.497 e. The fourth-order valence-corrected chi connectivity index (χ4v) is 4.20. The highest BCUT2D eigenvalue weighted by Crippen LogP contribution is 2.35. The first-order valence-corrected chi connectivity index (χ1v) is 11.7. The van der Waals surface area contributed by atoms with Gasteiger partial charge in [0.05, 0.1) is 43.6 Å². The SMILES string of the molecule is CCOc1ccc(-c2cc(OCC)c3c(C)oc(C)c3c(=Nc3ccc(OC)cc3OC)c2)cc1. The van der Waals surface area contributed by atoms with Crippen LogP contribution in [0.2, 0.25) is 0 Å². The summed E-state index contributed by atoms with van der Waals surface area (Å²) in [4.78, 5) is 5.04. The molecule has 0 saturated carbocycles. The number of benzene rings is 2. The van der Waals surface area contributed by atoms with Crippen molar-refractivity contribution in [2.45, 2.75) is 27.7 Å². The van der Waals surface area contributed by atoms with E-state index in [9.17, 15) is 0 Å². The van der Waals surface area contributed by atoms with Crippen molar-refractivity contribution < 1.29 is 23.4 Å². The summed E-state index contributed by atoms with van der Waals surface area (Å²) in [6.07, 6.45) is 0. The van der Waals surface area contributed by atoms with Crippen LogP contribution in [0.1, 0.15) is 25.4 Å². The third-order valence-electron chi connectivity index (χ3n) is 5.77. The Bertz CT molecular complexity index is 1400. The number of ether oxygens (including phenoxy) is 4. The molecule has 0 aliphatic rings. The number of furan rings is 1. The van der Waals surface area contributed by atoms with Crippen LogP contribution in [-0.2, 0) is 0 Å². The molecular formula is C29H31NO5. The van der Waals surface area contributed by atoms with E-state index in [0.29, 0.717) is 30.4 Å². The third-order valence-corrected chi connectivity index (χ3v) is 5.77. The summed E-state index contributed by atoms with van der Waals surface area (Å²) in [5.74, 6) is 4.47. The van der Waals surface area contributed by atoms with Crippen LogP contribution < -0.4 is 24.3 Å². The van der Waals surface area contributed by atoms with Crippen molar-refractivity contribution in [3.63, 3.8) is 0 Å². The van der Waals surface area contributed by atoms with Gasteiger partial charge in [-0.1, -0.05) is 12.1 Å². The van der Waals surface area contributed by atoms with Crippen LogP contribution >= 0.6 is 0 Å². The molecule has 3 aromatic carbocycles. The van der Waals surface area contributed by atoms with Gasteiger partial charge in [-0.25, -0.2) is 4.99 Å². The van der Waals surface area contributed by atoms with Gasteiger partial charge in [0.25, 0.3) is 0 Å². The summed E-state index contributed by atoms with van der Waals surface area (Å²) in [5, 5.41) is 2.57. The molecule has 4 aromatic rings. The van der Waals surface area contributed by atoms with Gasteiger partial charge in [-0.15, -0.1) is 0 Å². The van der Waals surface area contributed by atoms with Gasteiger partial charge in [-0.3, -0.25) is 0 Å². The zero-order valence-corrected chi connectivity index (χ0v) is 21.1. The van der Waals surface area contributed by atoms with Gasteiger partial charge in [0.2, 0.25) is 0 Å². The second kappa shape index (κ2) is 10.6. The maximum atomic E-state index is 6.11. The van der Waals surface area contributed by atoms with Gasteiger partial charge >= 0.3 is 0 Å². The van der Waals surface area contributed by atoms with Crippen molar-refractivity contribution in [1.82, 2.24) is 0 Å². The Morgan fingerprint density at radius 1 is 0.686 bits per heavy atom. The Morgan fingerprint density at radius 2 is 1.37 bits per heavy atom. The van der Waals surface area contributed by atoms with Gasteiger partial charge in [0.1, 0.15) is 40.2 Å². The molecule has 1 heterocycles. The molecule has 0 atom stereocenters. The van der Waals surface area contributed by atoms with Crippen LogP contribution in [0.4, 0.5) is 5.69 Å². The van der Waals surface area contributed by atoms with Crippen LogP contribution in [-0.4, -0.2) is 27.4 Å². The van der Waals surface area contributed by atoms with Crippen molar-refractivity contribution in [1.29, 1.82) is 0 Å². The lowest BCUT2D eigenvalue weighted by Gasteiger charge is -2.07. The van der Waals surface area contributed by atoms with E-state index in [1.807, 2.05) is 76.2 Å². The van der Waals surface area contributed by atoms with Crippen molar-refractivity contribution in [2.75, 3.05) is 27.4 Å². The van der Waals surface area contributed by atoms with Gasteiger partial charge < -0.3 is 23.4 Å². The predicted octanol–water partition coefficient (Wildman–Crippen LogP) is 6.76. The minimum absolute atomic E-state index is 0.532. The largest absolute Gasteiger partial charge is 0.497 e. The van der Waals surface area contributed by atoms with E-state index in [-0.39, 0.29) is 0 Å². The number of rotatable bonds is 8. The first kappa shape index (κ1) is 24.2. The van der Waals surface area contributed by atoms with Gasteiger partial charge in [0.15, 0.2) is 0 Å². The topological polar surface area (TPSA) is 62.4 Å². The zero-order chi connectivity index (χ0) is 24.9. The van der Waals surface area contributed by atoms with E-state index in [1.54, 1.807) is 14.2 Å². The Balaban J connectivity index is 2.06. The quantitative estimate of drug-likeness (QED) is 0.283. The highest BCUT2D eigenvalue weighted by atomic mass is 16.5. The molecule has 0 N–H and O–H groups in total. The summed E-state index contributed by atoms with van der Waals surface area (Å²) < 4.78 is 28.7. The standard InChI is InChI=1S/C29H31NO5/c1-7-33-22-11-9-20(10-12-22)21-15-25(30-24-14-13-23(31-5)17-26(24)32-6)28-18(3)35-19(4)29(28)27(16-21)34-8-2/h9-17H,7-8H2,1-6H3. The number of hydrogen-bond acceptors (Lipinski definition) is 6. The molecule has 1 aromatic heterocycles. The van der Waals surface area contributed by atoms with E-state index >= 15 is 0 Å². The molecule has 0 aliphatic heterocycles. The monoisotopic (exact) mass is 473 g/mol. The molecule has 0 saturated heterocycles. The zero-order valence-electron chi connectivity index (χ0n) is 21.1. The molecule has 0 amide bonds. The van der Waals surface area contributed by atoms with Crippen LogP contribution in [0.15, 0.2) is 64.0 Å². The van der Waals surface area contributed by atoms with Crippen molar-refractivity contribution >= 4 is 16.5 Å². The molecule has 35 heavy (non-hydrogen) atoms. The Morgan fingerprint density at radius 3 is 2.03 bits per heavy atom. The molecule has 0 spiro atoms. The van der Waals surface area contributed by atoms with Crippen LogP contribution in [0, 0.1) is 13.8 Å². The van der Waals surface area contributed by atoms with Crippen molar-refractivity contribution in [3.8, 4) is 34.1 Å². The molecule has 0 unspecified atom stereocenters. The second-order valence-corrected chi connectivity index (χ2v) is 8.00. The summed E-state index contributed by atoms with van der Waals surface area (Å²) >= 11 is 0. The normalized spacial score (nSPS) is 11.5. The first-order chi connectivity index (χ1) is 17.0. The number of methoxy groups -OCH3 is 2. The van der Waals surface area contributed by atoms with Crippen LogP contribution in [0.25, 0.3) is 21.9 Å². The van der Waals surface area contributed by atoms with E-state index in [4.69, 9.17) is 28.4 Å². The average Bonchev–Trinajstić information content (AvgIpc) is 3.06. The number of fused-ring (bicyclic) bond motifs is 1.